The molecule has 3 unspecified atom stereocenters. The van der Waals surface area contributed by atoms with Gasteiger partial charge in [0, 0.05) is 5.56 Å². The van der Waals surface area contributed by atoms with Gasteiger partial charge in [-0.1, -0.05) is 61.5 Å². The third-order valence-electron chi connectivity index (χ3n) is 4.42. The van der Waals surface area contributed by atoms with Crippen LogP contribution in [0.4, 0.5) is 0 Å². The zero-order chi connectivity index (χ0) is 16.9. The lowest BCUT2D eigenvalue weighted by Gasteiger charge is -2.16. The Morgan fingerprint density at radius 3 is 2.33 bits per heavy atom. The van der Waals surface area contributed by atoms with Crippen LogP contribution < -0.4 is 4.74 Å². The monoisotopic (exact) mass is 338 g/mol. The van der Waals surface area contributed by atoms with E-state index < -0.39 is 6.29 Å². The molecule has 3 rings (SSSR count). The Bertz CT molecular complexity index is 797. The van der Waals surface area contributed by atoms with E-state index in [1.165, 1.54) is 10.9 Å². The van der Waals surface area contributed by atoms with Crippen molar-refractivity contribution in [3.63, 3.8) is 0 Å². The number of hydrogen-bond acceptors (Lipinski definition) is 2. The molecule has 124 valence electrons. The minimum atomic E-state index is -0.954. The SMILES string of the molecule is CCC(CP)c1ccc2cc(OC(O)c3ccccc3)ccc2c1. The topological polar surface area (TPSA) is 29.5 Å². The van der Waals surface area contributed by atoms with Gasteiger partial charge in [-0.05, 0) is 47.0 Å². The van der Waals surface area contributed by atoms with E-state index in [0.29, 0.717) is 11.7 Å². The zero-order valence-electron chi connectivity index (χ0n) is 13.9. The first-order valence-corrected chi connectivity index (χ1v) is 9.16. The molecule has 0 heterocycles. The maximum absolute atomic E-state index is 10.2. The van der Waals surface area contributed by atoms with Crippen molar-refractivity contribution in [2.24, 2.45) is 0 Å². The highest BCUT2D eigenvalue weighted by atomic mass is 31.0. The number of aliphatic hydroxyl groups excluding tert-OH is 1. The molecule has 0 aliphatic carbocycles. The second-order valence-corrected chi connectivity index (χ2v) is 6.46. The molecule has 24 heavy (non-hydrogen) atoms. The molecule has 1 N–H and O–H groups in total. The average molecular weight is 338 g/mol. The summed E-state index contributed by atoms with van der Waals surface area (Å²) in [6.45, 7) is 2.22. The van der Waals surface area contributed by atoms with Crippen molar-refractivity contribution in [1.82, 2.24) is 0 Å². The van der Waals surface area contributed by atoms with Crippen molar-refractivity contribution in [1.29, 1.82) is 0 Å². The van der Waals surface area contributed by atoms with Gasteiger partial charge in [-0.3, -0.25) is 0 Å². The van der Waals surface area contributed by atoms with Crippen molar-refractivity contribution in [2.45, 2.75) is 25.6 Å². The summed E-state index contributed by atoms with van der Waals surface area (Å²) >= 11 is 0. The second kappa shape index (κ2) is 7.79. The molecule has 0 radical (unpaired) electrons. The molecule has 3 heteroatoms. The first kappa shape index (κ1) is 17.0. The van der Waals surface area contributed by atoms with Crippen molar-refractivity contribution in [2.75, 3.05) is 6.16 Å². The molecule has 0 amide bonds. The van der Waals surface area contributed by atoms with Gasteiger partial charge in [0.05, 0.1) is 0 Å². The molecule has 0 aromatic heterocycles. The summed E-state index contributed by atoms with van der Waals surface area (Å²) in [5.74, 6) is 1.25. The summed E-state index contributed by atoms with van der Waals surface area (Å²) in [5.41, 5.74) is 2.12. The van der Waals surface area contributed by atoms with E-state index in [1.54, 1.807) is 0 Å². The summed E-state index contributed by atoms with van der Waals surface area (Å²) in [6, 6.07) is 21.9. The lowest BCUT2D eigenvalue weighted by molar-refractivity contribution is -0.0193. The lowest BCUT2D eigenvalue weighted by Crippen LogP contribution is -2.06. The summed E-state index contributed by atoms with van der Waals surface area (Å²) < 4.78 is 5.68. The molecule has 2 nitrogen and oxygen atoms in total. The predicted molar refractivity (Wildman–Crippen MR) is 104 cm³/mol. The van der Waals surface area contributed by atoms with Crippen molar-refractivity contribution in [3.05, 3.63) is 77.9 Å². The van der Waals surface area contributed by atoms with Crippen molar-refractivity contribution < 1.29 is 9.84 Å². The highest BCUT2D eigenvalue weighted by molar-refractivity contribution is 7.16. The molecule has 3 aromatic carbocycles. The molecule has 0 bridgehead atoms. The zero-order valence-corrected chi connectivity index (χ0v) is 15.0. The fraction of sp³-hybridized carbons (Fsp3) is 0.238. The van der Waals surface area contributed by atoms with Crippen LogP contribution in [0.2, 0.25) is 0 Å². The second-order valence-electron chi connectivity index (χ2n) is 5.99. The standard InChI is InChI=1S/C21H23O2P/c1-2-15(14-24)17-8-9-19-13-20(11-10-18(19)12-17)23-21(22)16-6-4-3-5-7-16/h3-13,15,21-22H,2,14,24H2,1H3. The van der Waals surface area contributed by atoms with Crippen LogP contribution in [0.15, 0.2) is 66.7 Å². The van der Waals surface area contributed by atoms with Gasteiger partial charge in [-0.15, -0.1) is 9.24 Å². The van der Waals surface area contributed by atoms with Crippen LogP contribution in [0.3, 0.4) is 0 Å². The lowest BCUT2D eigenvalue weighted by atomic mass is 9.95. The van der Waals surface area contributed by atoms with Crippen LogP contribution in [0.25, 0.3) is 10.8 Å². The first-order chi connectivity index (χ1) is 11.7. The summed E-state index contributed by atoms with van der Waals surface area (Å²) in [5, 5.41) is 12.5. The number of ether oxygens (including phenoxy) is 1. The van der Waals surface area contributed by atoms with E-state index in [9.17, 15) is 5.11 Å². The molecule has 0 saturated heterocycles. The van der Waals surface area contributed by atoms with Gasteiger partial charge in [-0.2, -0.15) is 0 Å². The smallest absolute Gasteiger partial charge is 0.224 e. The minimum absolute atomic E-state index is 0.579. The van der Waals surface area contributed by atoms with E-state index in [1.807, 2.05) is 42.5 Å². The van der Waals surface area contributed by atoms with Crippen molar-refractivity contribution in [3.8, 4) is 5.75 Å². The van der Waals surface area contributed by atoms with Gasteiger partial charge in [0.15, 0.2) is 0 Å². The highest BCUT2D eigenvalue weighted by Crippen LogP contribution is 2.29. The van der Waals surface area contributed by atoms with Crippen LogP contribution in [-0.2, 0) is 0 Å². The molecule has 3 aromatic rings. The molecule has 3 atom stereocenters. The Hall–Kier alpha value is -1.89. The van der Waals surface area contributed by atoms with E-state index in [2.05, 4.69) is 40.4 Å². The first-order valence-electron chi connectivity index (χ1n) is 8.34. The third-order valence-corrected chi connectivity index (χ3v) is 4.99. The molecule has 0 saturated carbocycles. The Kier molecular flexibility index (Phi) is 5.50. The number of hydrogen-bond donors (Lipinski definition) is 1. The number of aliphatic hydroxyl groups is 1. The average Bonchev–Trinajstić information content (AvgIpc) is 2.63. The molecule has 0 spiro atoms. The summed E-state index contributed by atoms with van der Waals surface area (Å²) in [6.07, 6.45) is 1.26. The van der Waals surface area contributed by atoms with Gasteiger partial charge in [0.2, 0.25) is 6.29 Å². The summed E-state index contributed by atoms with van der Waals surface area (Å²) in [4.78, 5) is 0. The van der Waals surface area contributed by atoms with E-state index in [4.69, 9.17) is 4.74 Å². The molecular formula is C21H23O2P. The van der Waals surface area contributed by atoms with Crippen LogP contribution in [0.5, 0.6) is 5.75 Å². The van der Waals surface area contributed by atoms with Crippen molar-refractivity contribution >= 4 is 20.0 Å². The Labute approximate surface area is 145 Å². The van der Waals surface area contributed by atoms with E-state index in [0.717, 1.165) is 23.5 Å². The van der Waals surface area contributed by atoms with Gasteiger partial charge in [0.25, 0.3) is 0 Å². The van der Waals surface area contributed by atoms with Crippen LogP contribution in [0, 0.1) is 0 Å². The van der Waals surface area contributed by atoms with Gasteiger partial charge in [0.1, 0.15) is 5.75 Å². The van der Waals surface area contributed by atoms with Crippen LogP contribution >= 0.6 is 9.24 Å². The minimum Gasteiger partial charge on any atom is -0.461 e. The Morgan fingerprint density at radius 1 is 0.917 bits per heavy atom. The normalized spacial score (nSPS) is 13.6. The molecule has 0 aliphatic heterocycles. The quantitative estimate of drug-likeness (QED) is 0.489. The number of benzene rings is 3. The fourth-order valence-corrected chi connectivity index (χ4v) is 3.53. The Balaban J connectivity index is 1.82. The maximum Gasteiger partial charge on any atom is 0.224 e. The van der Waals surface area contributed by atoms with Crippen LogP contribution in [0.1, 0.15) is 36.7 Å². The Morgan fingerprint density at radius 2 is 1.62 bits per heavy atom. The third kappa shape index (κ3) is 3.77. The molecular weight excluding hydrogens is 315 g/mol. The summed E-state index contributed by atoms with van der Waals surface area (Å²) in [7, 11) is 2.84. The van der Waals surface area contributed by atoms with Gasteiger partial charge >= 0.3 is 0 Å². The predicted octanol–water partition coefficient (Wildman–Crippen LogP) is 5.28. The van der Waals surface area contributed by atoms with Crippen LogP contribution in [-0.4, -0.2) is 11.3 Å². The van der Waals surface area contributed by atoms with Gasteiger partial charge in [-0.25, -0.2) is 0 Å². The molecule has 0 aliphatic rings. The highest BCUT2D eigenvalue weighted by Gasteiger charge is 2.10. The largest absolute Gasteiger partial charge is 0.461 e. The van der Waals surface area contributed by atoms with E-state index in [-0.39, 0.29) is 0 Å². The van der Waals surface area contributed by atoms with Gasteiger partial charge < -0.3 is 9.84 Å². The molecule has 0 fully saturated rings. The maximum atomic E-state index is 10.2. The number of rotatable bonds is 6. The number of fused-ring (bicyclic) bond motifs is 1. The fourth-order valence-electron chi connectivity index (χ4n) is 2.92. The van der Waals surface area contributed by atoms with E-state index >= 15 is 0 Å².